The van der Waals surface area contributed by atoms with Crippen molar-refractivity contribution >= 4 is 12.0 Å². The van der Waals surface area contributed by atoms with E-state index >= 15 is 0 Å². The van der Waals surface area contributed by atoms with Gasteiger partial charge in [-0.1, -0.05) is 30.3 Å². The molecule has 1 amide bonds. The maximum atomic E-state index is 12.4. The normalized spacial score (nSPS) is 17.2. The molecule has 2 aromatic rings. The van der Waals surface area contributed by atoms with Crippen LogP contribution < -0.4 is 10.9 Å². The average molecular weight is 323 g/mol. The van der Waals surface area contributed by atoms with Gasteiger partial charge in [0.05, 0.1) is 5.69 Å². The van der Waals surface area contributed by atoms with Crippen molar-refractivity contribution in [2.45, 2.75) is 32.2 Å². The first-order chi connectivity index (χ1) is 11.5. The Labute approximate surface area is 141 Å². The molecule has 0 spiro atoms. The van der Waals surface area contributed by atoms with Gasteiger partial charge in [-0.2, -0.15) is 5.10 Å². The molecule has 1 heterocycles. The smallest absolute Gasteiger partial charge is 0.266 e. The van der Waals surface area contributed by atoms with Crippen molar-refractivity contribution in [3.63, 3.8) is 0 Å². The number of nitrogens with one attached hydrogen (secondary N) is 1. The quantitative estimate of drug-likeness (QED) is 0.877. The van der Waals surface area contributed by atoms with Crippen LogP contribution in [0.1, 0.15) is 30.2 Å². The standard InChI is InChI=1S/C19H21N3O2/c1-13(10-14-6-4-3-5-7-14)19(24)20-16-8-9-17-15(11-16)12-18(23)22(2)21-17/h3-7,10,12,16H,8-9,11H2,1-2H3,(H,20,24)/b13-10+/t16-/m0/s1. The predicted molar refractivity (Wildman–Crippen MR) is 93.5 cm³/mol. The number of nitrogens with zero attached hydrogens (tertiary/aromatic N) is 2. The van der Waals surface area contributed by atoms with Crippen LogP contribution in [0.3, 0.4) is 0 Å². The van der Waals surface area contributed by atoms with E-state index < -0.39 is 0 Å². The fourth-order valence-corrected chi connectivity index (χ4v) is 2.97. The number of carbonyl (C=O) groups excluding carboxylic acids is 1. The number of aryl methyl sites for hydroxylation is 2. The van der Waals surface area contributed by atoms with Gasteiger partial charge in [0.1, 0.15) is 0 Å². The molecule has 1 atom stereocenters. The van der Waals surface area contributed by atoms with Crippen LogP contribution in [0.5, 0.6) is 0 Å². The van der Waals surface area contributed by atoms with E-state index in [2.05, 4.69) is 10.4 Å². The van der Waals surface area contributed by atoms with Crippen LogP contribution in [-0.2, 0) is 24.7 Å². The van der Waals surface area contributed by atoms with Crippen LogP contribution in [0.4, 0.5) is 0 Å². The van der Waals surface area contributed by atoms with E-state index in [9.17, 15) is 9.59 Å². The van der Waals surface area contributed by atoms with Crippen molar-refractivity contribution in [1.82, 2.24) is 15.1 Å². The van der Waals surface area contributed by atoms with Gasteiger partial charge in [0.2, 0.25) is 5.91 Å². The lowest BCUT2D eigenvalue weighted by atomic mass is 9.92. The highest BCUT2D eigenvalue weighted by Crippen LogP contribution is 2.18. The van der Waals surface area contributed by atoms with Crippen LogP contribution in [0.15, 0.2) is 46.8 Å². The first-order valence-corrected chi connectivity index (χ1v) is 8.13. The van der Waals surface area contributed by atoms with Crippen molar-refractivity contribution in [3.05, 3.63) is 69.1 Å². The Bertz CT molecular complexity index is 837. The summed E-state index contributed by atoms with van der Waals surface area (Å²) >= 11 is 0. The van der Waals surface area contributed by atoms with E-state index in [0.717, 1.165) is 29.7 Å². The second-order valence-electron chi connectivity index (χ2n) is 6.23. The third-order valence-electron chi connectivity index (χ3n) is 4.33. The molecule has 124 valence electrons. The third kappa shape index (κ3) is 3.62. The number of carbonyl (C=O) groups is 1. The minimum atomic E-state index is -0.110. The topological polar surface area (TPSA) is 64.0 Å². The molecule has 1 aliphatic carbocycles. The Morgan fingerprint density at radius 3 is 2.83 bits per heavy atom. The lowest BCUT2D eigenvalue weighted by Gasteiger charge is -2.25. The molecule has 5 heteroatoms. The number of amides is 1. The zero-order valence-corrected chi connectivity index (χ0v) is 14.0. The molecule has 0 radical (unpaired) electrons. The highest BCUT2D eigenvalue weighted by molar-refractivity contribution is 5.97. The van der Waals surface area contributed by atoms with Crippen LogP contribution in [-0.4, -0.2) is 21.7 Å². The van der Waals surface area contributed by atoms with E-state index in [1.54, 1.807) is 13.1 Å². The van der Waals surface area contributed by atoms with Crippen LogP contribution in [0.25, 0.3) is 6.08 Å². The van der Waals surface area contributed by atoms with Gasteiger partial charge >= 0.3 is 0 Å². The monoisotopic (exact) mass is 323 g/mol. The van der Waals surface area contributed by atoms with E-state index in [0.29, 0.717) is 12.0 Å². The minimum Gasteiger partial charge on any atom is -0.349 e. The summed E-state index contributed by atoms with van der Waals surface area (Å²) in [7, 11) is 1.66. The zero-order valence-electron chi connectivity index (χ0n) is 14.0. The summed E-state index contributed by atoms with van der Waals surface area (Å²) in [6, 6.07) is 11.4. The lowest BCUT2D eigenvalue weighted by Crippen LogP contribution is -2.40. The molecule has 0 saturated carbocycles. The van der Waals surface area contributed by atoms with Crippen LogP contribution in [0.2, 0.25) is 0 Å². The van der Waals surface area contributed by atoms with Gasteiger partial charge in [-0.05, 0) is 43.4 Å². The Morgan fingerprint density at radius 2 is 2.08 bits per heavy atom. The molecule has 1 aromatic carbocycles. The molecular formula is C19H21N3O2. The Kier molecular flexibility index (Phi) is 4.60. The maximum Gasteiger partial charge on any atom is 0.266 e. The van der Waals surface area contributed by atoms with Crippen molar-refractivity contribution in [2.24, 2.45) is 7.05 Å². The first-order valence-electron chi connectivity index (χ1n) is 8.13. The van der Waals surface area contributed by atoms with Gasteiger partial charge in [-0.25, -0.2) is 4.68 Å². The second kappa shape index (κ2) is 6.83. The SMILES string of the molecule is C/C(=C\c1ccccc1)C(=O)N[C@H]1CCc2nn(C)c(=O)cc2C1. The molecule has 24 heavy (non-hydrogen) atoms. The summed E-state index contributed by atoms with van der Waals surface area (Å²) in [5.74, 6) is -0.0657. The van der Waals surface area contributed by atoms with E-state index in [1.807, 2.05) is 43.3 Å². The molecule has 0 bridgehead atoms. The lowest BCUT2D eigenvalue weighted by molar-refractivity contribution is -0.118. The van der Waals surface area contributed by atoms with Gasteiger partial charge in [-0.15, -0.1) is 0 Å². The fraction of sp³-hybridized carbons (Fsp3) is 0.316. The molecule has 0 saturated heterocycles. The summed E-state index contributed by atoms with van der Waals surface area (Å²) < 4.78 is 1.37. The molecule has 5 nitrogen and oxygen atoms in total. The molecule has 1 aliphatic rings. The molecular weight excluding hydrogens is 302 g/mol. The van der Waals surface area contributed by atoms with Crippen molar-refractivity contribution < 1.29 is 4.79 Å². The van der Waals surface area contributed by atoms with Gasteiger partial charge in [0.15, 0.2) is 0 Å². The largest absolute Gasteiger partial charge is 0.349 e. The maximum absolute atomic E-state index is 12.4. The number of aromatic nitrogens is 2. The Hall–Kier alpha value is -2.69. The minimum absolute atomic E-state index is 0.0398. The first kappa shape index (κ1) is 16.2. The summed E-state index contributed by atoms with van der Waals surface area (Å²) in [5, 5.41) is 7.37. The third-order valence-corrected chi connectivity index (χ3v) is 4.33. The zero-order chi connectivity index (χ0) is 17.1. The predicted octanol–water partition coefficient (Wildman–Crippen LogP) is 1.86. The number of benzene rings is 1. The number of fused-ring (bicyclic) bond motifs is 1. The Morgan fingerprint density at radius 1 is 1.33 bits per heavy atom. The van der Waals surface area contributed by atoms with Crippen LogP contribution in [0, 0.1) is 0 Å². The summed E-state index contributed by atoms with van der Waals surface area (Å²) in [5.41, 5.74) is 3.47. The molecule has 1 aromatic heterocycles. The number of hydrogen-bond donors (Lipinski definition) is 1. The number of hydrogen-bond acceptors (Lipinski definition) is 3. The second-order valence-corrected chi connectivity index (χ2v) is 6.23. The van der Waals surface area contributed by atoms with Gasteiger partial charge < -0.3 is 5.32 Å². The summed E-state index contributed by atoms with van der Waals surface area (Å²) in [4.78, 5) is 24.1. The van der Waals surface area contributed by atoms with Gasteiger partial charge in [-0.3, -0.25) is 9.59 Å². The molecule has 1 N–H and O–H groups in total. The highest BCUT2D eigenvalue weighted by Gasteiger charge is 2.22. The molecule has 3 rings (SSSR count). The van der Waals surface area contributed by atoms with Crippen LogP contribution >= 0.6 is 0 Å². The van der Waals surface area contributed by atoms with E-state index in [-0.39, 0.29) is 17.5 Å². The number of rotatable bonds is 3. The van der Waals surface area contributed by atoms with E-state index in [1.165, 1.54) is 4.68 Å². The molecule has 0 aliphatic heterocycles. The van der Waals surface area contributed by atoms with Gasteiger partial charge in [0, 0.05) is 24.7 Å². The fourth-order valence-electron chi connectivity index (χ4n) is 2.97. The average Bonchev–Trinajstić information content (AvgIpc) is 2.57. The molecule has 0 unspecified atom stereocenters. The molecule has 0 fully saturated rings. The van der Waals surface area contributed by atoms with Crippen molar-refractivity contribution in [2.75, 3.05) is 0 Å². The van der Waals surface area contributed by atoms with E-state index in [4.69, 9.17) is 0 Å². The van der Waals surface area contributed by atoms with Crippen molar-refractivity contribution in [1.29, 1.82) is 0 Å². The highest BCUT2D eigenvalue weighted by atomic mass is 16.1. The van der Waals surface area contributed by atoms with Gasteiger partial charge in [0.25, 0.3) is 5.56 Å². The summed E-state index contributed by atoms with van der Waals surface area (Å²) in [6.07, 6.45) is 4.14. The van der Waals surface area contributed by atoms with Crippen molar-refractivity contribution in [3.8, 4) is 0 Å². The summed E-state index contributed by atoms with van der Waals surface area (Å²) in [6.45, 7) is 1.82. The Balaban J connectivity index is 1.68.